The number of hydrogen-bond acceptors (Lipinski definition) is 4. The summed E-state index contributed by atoms with van der Waals surface area (Å²) in [4.78, 5) is 16.4. The molecule has 5 nitrogen and oxygen atoms in total. The van der Waals surface area contributed by atoms with Gasteiger partial charge in [-0.2, -0.15) is 5.26 Å². The molecule has 0 saturated heterocycles. The molecule has 0 unspecified atom stereocenters. The number of pyridine rings is 1. The first-order chi connectivity index (χ1) is 12.2. The fraction of sp³-hybridized carbons (Fsp3) is 0.0500. The maximum Gasteiger partial charge on any atom is 0.274 e. The summed E-state index contributed by atoms with van der Waals surface area (Å²) in [5, 5.41) is 14.8. The molecule has 3 rings (SSSR count). The molecule has 0 aliphatic carbocycles. The molecule has 0 bridgehead atoms. The molecule has 1 heterocycles. The van der Waals surface area contributed by atoms with Crippen LogP contribution in [0.25, 0.3) is 0 Å². The van der Waals surface area contributed by atoms with Crippen molar-refractivity contribution in [3.8, 4) is 6.07 Å². The number of nitriles is 1. The summed E-state index contributed by atoms with van der Waals surface area (Å²) in [7, 11) is 0. The second-order valence-corrected chi connectivity index (χ2v) is 5.41. The Morgan fingerprint density at radius 2 is 1.68 bits per heavy atom. The van der Waals surface area contributed by atoms with Crippen LogP contribution in [-0.2, 0) is 6.54 Å². The lowest BCUT2D eigenvalue weighted by molar-refractivity contribution is 0.102. The van der Waals surface area contributed by atoms with Gasteiger partial charge in [0.1, 0.15) is 5.69 Å². The summed E-state index contributed by atoms with van der Waals surface area (Å²) in [6.45, 7) is 0.694. The van der Waals surface area contributed by atoms with E-state index in [-0.39, 0.29) is 5.91 Å². The van der Waals surface area contributed by atoms with Crippen LogP contribution in [0.1, 0.15) is 21.6 Å². The van der Waals surface area contributed by atoms with Crippen LogP contribution < -0.4 is 10.6 Å². The Bertz CT molecular complexity index is 882. The maximum absolute atomic E-state index is 12.2. The van der Waals surface area contributed by atoms with Gasteiger partial charge in [0.15, 0.2) is 0 Å². The molecule has 1 aromatic heterocycles. The molecular formula is C20H16N4O. The molecule has 122 valence electrons. The topological polar surface area (TPSA) is 77.8 Å². The average molecular weight is 328 g/mol. The largest absolute Gasteiger partial charge is 0.380 e. The zero-order valence-corrected chi connectivity index (χ0v) is 13.4. The Morgan fingerprint density at radius 3 is 2.32 bits per heavy atom. The van der Waals surface area contributed by atoms with Crippen molar-refractivity contribution in [2.75, 3.05) is 10.6 Å². The highest BCUT2D eigenvalue weighted by Crippen LogP contribution is 2.12. The van der Waals surface area contributed by atoms with Gasteiger partial charge >= 0.3 is 0 Å². The quantitative estimate of drug-likeness (QED) is 0.746. The molecule has 0 saturated carbocycles. The molecule has 3 aromatic rings. The maximum atomic E-state index is 12.2. The molecular weight excluding hydrogens is 312 g/mol. The summed E-state index contributed by atoms with van der Waals surface area (Å²) in [5.74, 6) is -0.292. The van der Waals surface area contributed by atoms with Gasteiger partial charge in [-0.15, -0.1) is 0 Å². The molecule has 0 radical (unpaired) electrons. The van der Waals surface area contributed by atoms with E-state index in [1.165, 1.54) is 5.56 Å². The highest BCUT2D eigenvalue weighted by Gasteiger charge is 2.07. The van der Waals surface area contributed by atoms with Gasteiger partial charge in [-0.1, -0.05) is 30.3 Å². The number of nitrogens with one attached hydrogen (secondary N) is 2. The molecule has 0 aliphatic rings. The fourth-order valence-electron chi connectivity index (χ4n) is 2.26. The van der Waals surface area contributed by atoms with E-state index in [0.29, 0.717) is 23.5 Å². The van der Waals surface area contributed by atoms with Crippen LogP contribution in [0.3, 0.4) is 0 Å². The number of carbonyl (C=O) groups is 1. The molecule has 25 heavy (non-hydrogen) atoms. The minimum atomic E-state index is -0.292. The van der Waals surface area contributed by atoms with Crippen LogP contribution in [0, 0.1) is 11.3 Å². The Morgan fingerprint density at radius 1 is 0.960 bits per heavy atom. The summed E-state index contributed by atoms with van der Waals surface area (Å²) >= 11 is 0. The van der Waals surface area contributed by atoms with Crippen molar-refractivity contribution in [1.29, 1.82) is 5.26 Å². The number of nitrogens with zero attached hydrogens (tertiary/aromatic N) is 2. The standard InChI is InChI=1S/C20H16N4O/c21-12-15-6-8-17(9-7-15)24-20(25)19-11-10-18(14-23-19)22-13-16-4-2-1-3-5-16/h1-11,14,22H,13H2,(H,24,25). The zero-order valence-electron chi connectivity index (χ0n) is 13.4. The SMILES string of the molecule is N#Cc1ccc(NC(=O)c2ccc(NCc3ccccc3)cn2)cc1. The van der Waals surface area contributed by atoms with Gasteiger partial charge in [-0.25, -0.2) is 4.98 Å². The van der Waals surface area contributed by atoms with Crippen molar-refractivity contribution < 1.29 is 4.79 Å². The Hall–Kier alpha value is -3.65. The van der Waals surface area contributed by atoms with Gasteiger partial charge in [0.05, 0.1) is 23.5 Å². The third kappa shape index (κ3) is 4.43. The van der Waals surface area contributed by atoms with Crippen molar-refractivity contribution >= 4 is 17.3 Å². The van der Waals surface area contributed by atoms with Crippen LogP contribution in [-0.4, -0.2) is 10.9 Å². The van der Waals surface area contributed by atoms with E-state index in [2.05, 4.69) is 15.6 Å². The monoisotopic (exact) mass is 328 g/mol. The van der Waals surface area contributed by atoms with E-state index >= 15 is 0 Å². The number of rotatable bonds is 5. The molecule has 5 heteroatoms. The second kappa shape index (κ2) is 7.75. The molecule has 2 aromatic carbocycles. The minimum absolute atomic E-state index is 0.292. The van der Waals surface area contributed by atoms with Crippen molar-refractivity contribution in [3.63, 3.8) is 0 Å². The normalized spacial score (nSPS) is 9.88. The first-order valence-electron chi connectivity index (χ1n) is 7.80. The zero-order chi connectivity index (χ0) is 17.5. The predicted molar refractivity (Wildman–Crippen MR) is 97.1 cm³/mol. The van der Waals surface area contributed by atoms with Crippen molar-refractivity contribution in [2.45, 2.75) is 6.54 Å². The van der Waals surface area contributed by atoms with Gasteiger partial charge in [0.25, 0.3) is 5.91 Å². The highest BCUT2D eigenvalue weighted by atomic mass is 16.1. The third-order valence-electron chi connectivity index (χ3n) is 3.61. The fourth-order valence-corrected chi connectivity index (χ4v) is 2.26. The first kappa shape index (κ1) is 16.2. The van der Waals surface area contributed by atoms with Crippen molar-refractivity contribution in [3.05, 3.63) is 89.7 Å². The Balaban J connectivity index is 1.59. The molecule has 1 amide bonds. The lowest BCUT2D eigenvalue weighted by Gasteiger charge is -2.08. The lowest BCUT2D eigenvalue weighted by atomic mass is 10.2. The number of hydrogen-bond donors (Lipinski definition) is 2. The average Bonchev–Trinajstić information content (AvgIpc) is 2.68. The summed E-state index contributed by atoms with van der Waals surface area (Å²) in [5.41, 5.74) is 3.51. The van der Waals surface area contributed by atoms with E-state index in [1.54, 1.807) is 36.5 Å². The summed E-state index contributed by atoms with van der Waals surface area (Å²) in [6, 6.07) is 22.3. The van der Waals surface area contributed by atoms with E-state index in [4.69, 9.17) is 5.26 Å². The van der Waals surface area contributed by atoms with Gasteiger partial charge < -0.3 is 10.6 Å². The van der Waals surface area contributed by atoms with Gasteiger partial charge in [0.2, 0.25) is 0 Å². The molecule has 0 aliphatic heterocycles. The number of anilines is 2. The third-order valence-corrected chi connectivity index (χ3v) is 3.61. The first-order valence-corrected chi connectivity index (χ1v) is 7.80. The van der Waals surface area contributed by atoms with Crippen molar-refractivity contribution in [2.24, 2.45) is 0 Å². The predicted octanol–water partition coefficient (Wildman–Crippen LogP) is 3.82. The van der Waals surface area contributed by atoms with E-state index < -0.39 is 0 Å². The molecule has 0 fully saturated rings. The highest BCUT2D eigenvalue weighted by molar-refractivity contribution is 6.02. The van der Waals surface area contributed by atoms with Crippen LogP contribution >= 0.6 is 0 Å². The van der Waals surface area contributed by atoms with E-state index in [0.717, 1.165) is 5.69 Å². The van der Waals surface area contributed by atoms with Crippen LogP contribution in [0.5, 0.6) is 0 Å². The summed E-state index contributed by atoms with van der Waals surface area (Å²) < 4.78 is 0. The molecule has 0 atom stereocenters. The van der Waals surface area contributed by atoms with Gasteiger partial charge in [-0.3, -0.25) is 4.79 Å². The smallest absolute Gasteiger partial charge is 0.274 e. The molecule has 2 N–H and O–H groups in total. The molecule has 0 spiro atoms. The van der Waals surface area contributed by atoms with E-state index in [9.17, 15) is 4.79 Å². The number of carbonyl (C=O) groups excluding carboxylic acids is 1. The van der Waals surface area contributed by atoms with E-state index in [1.807, 2.05) is 42.5 Å². The van der Waals surface area contributed by atoms with Gasteiger partial charge in [-0.05, 0) is 42.0 Å². The van der Waals surface area contributed by atoms with Crippen LogP contribution in [0.4, 0.5) is 11.4 Å². The number of amides is 1. The van der Waals surface area contributed by atoms with Crippen molar-refractivity contribution in [1.82, 2.24) is 4.98 Å². The number of benzene rings is 2. The summed E-state index contributed by atoms with van der Waals surface area (Å²) in [6.07, 6.45) is 1.64. The number of aromatic nitrogens is 1. The van der Waals surface area contributed by atoms with Crippen LogP contribution in [0.2, 0.25) is 0 Å². The Kier molecular flexibility index (Phi) is 5.03. The second-order valence-electron chi connectivity index (χ2n) is 5.41. The van der Waals surface area contributed by atoms with Crippen LogP contribution in [0.15, 0.2) is 72.9 Å². The van der Waals surface area contributed by atoms with Gasteiger partial charge in [0, 0.05) is 12.2 Å². The Labute approximate surface area is 146 Å². The minimum Gasteiger partial charge on any atom is -0.380 e. The lowest BCUT2D eigenvalue weighted by Crippen LogP contribution is -2.13.